The summed E-state index contributed by atoms with van der Waals surface area (Å²) in [6.45, 7) is 1.52. The number of aryl methyl sites for hydroxylation is 3. The van der Waals surface area contributed by atoms with E-state index < -0.39 is 11.9 Å². The van der Waals surface area contributed by atoms with Gasteiger partial charge in [-0.1, -0.05) is 0 Å². The smallest absolute Gasteiger partial charge is 0.338 e. The highest BCUT2D eigenvalue weighted by atomic mass is 32.1. The monoisotopic (exact) mass is 369 g/mol. The van der Waals surface area contributed by atoms with E-state index in [4.69, 9.17) is 4.74 Å². The molecule has 1 aliphatic rings. The van der Waals surface area contributed by atoms with Crippen LogP contribution in [0, 0.1) is 6.92 Å². The molecule has 7 heteroatoms. The molecule has 6 nitrogen and oxygen atoms in total. The molecule has 0 radical (unpaired) electrons. The highest BCUT2D eigenvalue weighted by Gasteiger charge is 2.18. The van der Waals surface area contributed by atoms with E-state index in [0.717, 1.165) is 29.4 Å². The number of nitrogens with one attached hydrogen (secondary N) is 2. The van der Waals surface area contributed by atoms with Crippen LogP contribution in [-0.4, -0.2) is 28.5 Å². The van der Waals surface area contributed by atoms with Gasteiger partial charge in [-0.3, -0.25) is 10.1 Å². The van der Waals surface area contributed by atoms with Crippen LogP contribution >= 0.6 is 11.3 Å². The maximum absolute atomic E-state index is 12.3. The van der Waals surface area contributed by atoms with E-state index >= 15 is 0 Å². The van der Waals surface area contributed by atoms with Gasteiger partial charge in [0.1, 0.15) is 0 Å². The number of carbonyl (C=O) groups excluding carboxylic acids is 2. The molecule has 1 aromatic carbocycles. The van der Waals surface area contributed by atoms with E-state index in [1.165, 1.54) is 35.4 Å². The minimum Gasteiger partial charge on any atom is -0.452 e. The Kier molecular flexibility index (Phi) is 4.46. The molecule has 0 unspecified atom stereocenters. The highest BCUT2D eigenvalue weighted by molar-refractivity contribution is 7.13. The number of ether oxygens (including phenoxy) is 1. The van der Waals surface area contributed by atoms with Crippen LogP contribution in [0.4, 0.5) is 5.13 Å². The molecule has 0 saturated carbocycles. The Balaban J connectivity index is 1.43. The summed E-state index contributed by atoms with van der Waals surface area (Å²) in [6.07, 6.45) is 4.46. The van der Waals surface area contributed by atoms with Gasteiger partial charge < -0.3 is 9.72 Å². The number of fused-ring (bicyclic) bond motifs is 3. The third-order valence-electron chi connectivity index (χ3n) is 4.53. The zero-order chi connectivity index (χ0) is 18.1. The van der Waals surface area contributed by atoms with Crippen LogP contribution in [0.3, 0.4) is 0 Å². The van der Waals surface area contributed by atoms with Gasteiger partial charge in [-0.15, -0.1) is 11.3 Å². The zero-order valence-electron chi connectivity index (χ0n) is 14.4. The fraction of sp³-hybridized carbons (Fsp3) is 0.316. The predicted octanol–water partition coefficient (Wildman–Crippen LogP) is 3.61. The summed E-state index contributed by atoms with van der Waals surface area (Å²) in [7, 11) is 0. The van der Waals surface area contributed by atoms with E-state index in [2.05, 4.69) is 15.3 Å². The van der Waals surface area contributed by atoms with Gasteiger partial charge in [-0.05, 0) is 56.4 Å². The van der Waals surface area contributed by atoms with Crippen LogP contribution < -0.4 is 5.32 Å². The number of aromatic amines is 1. The number of hydrogen-bond donors (Lipinski definition) is 2. The molecule has 2 aromatic heterocycles. The van der Waals surface area contributed by atoms with E-state index in [9.17, 15) is 9.59 Å². The maximum atomic E-state index is 12.3. The molecular weight excluding hydrogens is 350 g/mol. The number of nitrogens with zero attached hydrogens (tertiary/aromatic N) is 1. The van der Waals surface area contributed by atoms with E-state index in [0.29, 0.717) is 10.7 Å². The second kappa shape index (κ2) is 6.92. The first-order valence-corrected chi connectivity index (χ1v) is 9.51. The second-order valence-corrected chi connectivity index (χ2v) is 7.33. The SMILES string of the molecule is Cc1csc(NC(=O)COC(=O)c2ccc3[nH]c4c(c3c2)CCCC4)n1. The predicted molar refractivity (Wildman–Crippen MR) is 101 cm³/mol. The first-order chi connectivity index (χ1) is 12.6. The molecular formula is C19H19N3O3S. The minimum atomic E-state index is -0.497. The quantitative estimate of drug-likeness (QED) is 0.688. The van der Waals surface area contributed by atoms with Crippen molar-refractivity contribution in [2.24, 2.45) is 0 Å². The first kappa shape index (κ1) is 16.8. The normalized spacial score (nSPS) is 13.4. The molecule has 4 rings (SSSR count). The van der Waals surface area contributed by atoms with Gasteiger partial charge >= 0.3 is 5.97 Å². The maximum Gasteiger partial charge on any atom is 0.338 e. The summed E-state index contributed by atoms with van der Waals surface area (Å²) in [6, 6.07) is 5.50. The third-order valence-corrected chi connectivity index (χ3v) is 5.41. The van der Waals surface area contributed by atoms with E-state index in [1.54, 1.807) is 6.07 Å². The first-order valence-electron chi connectivity index (χ1n) is 8.63. The van der Waals surface area contributed by atoms with Crippen molar-refractivity contribution in [1.29, 1.82) is 0 Å². The van der Waals surface area contributed by atoms with Crippen molar-refractivity contribution in [1.82, 2.24) is 9.97 Å². The molecule has 1 aliphatic carbocycles. The van der Waals surface area contributed by atoms with Crippen molar-refractivity contribution >= 4 is 39.2 Å². The van der Waals surface area contributed by atoms with Crippen molar-refractivity contribution in [2.45, 2.75) is 32.6 Å². The van der Waals surface area contributed by atoms with Crippen LogP contribution in [0.15, 0.2) is 23.6 Å². The highest BCUT2D eigenvalue weighted by Crippen LogP contribution is 2.29. The second-order valence-electron chi connectivity index (χ2n) is 6.47. The molecule has 2 heterocycles. The van der Waals surface area contributed by atoms with Gasteiger partial charge in [-0.2, -0.15) is 0 Å². The summed E-state index contributed by atoms with van der Waals surface area (Å²) >= 11 is 1.34. The van der Waals surface area contributed by atoms with E-state index in [-0.39, 0.29) is 6.61 Å². The summed E-state index contributed by atoms with van der Waals surface area (Å²) < 4.78 is 5.15. The number of rotatable bonds is 4. The van der Waals surface area contributed by atoms with Crippen LogP contribution in [-0.2, 0) is 22.4 Å². The largest absolute Gasteiger partial charge is 0.452 e. The Morgan fingerprint density at radius 1 is 1.31 bits per heavy atom. The number of carbonyl (C=O) groups is 2. The van der Waals surface area contributed by atoms with Gasteiger partial charge in [0.25, 0.3) is 5.91 Å². The van der Waals surface area contributed by atoms with Gasteiger partial charge in [0.2, 0.25) is 0 Å². The Morgan fingerprint density at radius 3 is 2.96 bits per heavy atom. The summed E-state index contributed by atoms with van der Waals surface area (Å²) in [5.74, 6) is -0.893. The number of esters is 1. The fourth-order valence-electron chi connectivity index (χ4n) is 3.31. The number of hydrogen-bond acceptors (Lipinski definition) is 5. The standard InChI is InChI=1S/C19H19N3O3S/c1-11-10-26-19(20-11)22-17(23)9-25-18(24)12-6-7-16-14(8-12)13-4-2-3-5-15(13)21-16/h6-8,10,21H,2-5,9H2,1H3,(H,20,22,23). The van der Waals surface area contributed by atoms with Crippen LogP contribution in [0.25, 0.3) is 10.9 Å². The van der Waals surface area contributed by atoms with Crippen molar-refractivity contribution in [3.63, 3.8) is 0 Å². The number of H-pyrrole nitrogens is 1. The molecule has 3 aromatic rings. The van der Waals surface area contributed by atoms with Crippen molar-refractivity contribution in [2.75, 3.05) is 11.9 Å². The lowest BCUT2D eigenvalue weighted by molar-refractivity contribution is -0.119. The van der Waals surface area contributed by atoms with Crippen LogP contribution in [0.5, 0.6) is 0 Å². The summed E-state index contributed by atoms with van der Waals surface area (Å²) in [4.78, 5) is 31.8. The Hall–Kier alpha value is -2.67. The Labute approximate surface area is 154 Å². The van der Waals surface area contributed by atoms with Gasteiger partial charge in [0.15, 0.2) is 11.7 Å². The average molecular weight is 369 g/mol. The van der Waals surface area contributed by atoms with Gasteiger partial charge in [0, 0.05) is 22.0 Å². The minimum absolute atomic E-state index is 0.333. The molecule has 0 bridgehead atoms. The number of benzene rings is 1. The number of anilines is 1. The molecule has 2 N–H and O–H groups in total. The number of amides is 1. The topological polar surface area (TPSA) is 84.1 Å². The third kappa shape index (κ3) is 3.35. The zero-order valence-corrected chi connectivity index (χ0v) is 15.2. The van der Waals surface area contributed by atoms with E-state index in [1.807, 2.05) is 24.4 Å². The van der Waals surface area contributed by atoms with Crippen molar-refractivity contribution in [3.05, 3.63) is 46.1 Å². The summed E-state index contributed by atoms with van der Waals surface area (Å²) in [5.41, 5.74) is 4.92. The van der Waals surface area contributed by atoms with Gasteiger partial charge in [0.05, 0.1) is 11.3 Å². The number of thiazole rings is 1. The molecule has 1 amide bonds. The summed E-state index contributed by atoms with van der Waals surface area (Å²) in [5, 5.41) is 6.05. The lowest BCUT2D eigenvalue weighted by Gasteiger charge is -2.10. The van der Waals surface area contributed by atoms with Crippen molar-refractivity contribution < 1.29 is 14.3 Å². The van der Waals surface area contributed by atoms with Crippen LogP contribution in [0.2, 0.25) is 0 Å². The molecule has 26 heavy (non-hydrogen) atoms. The Bertz CT molecular complexity index is 989. The molecule has 0 aliphatic heterocycles. The fourth-order valence-corrected chi connectivity index (χ4v) is 4.02. The average Bonchev–Trinajstić information content (AvgIpc) is 3.22. The molecule has 0 spiro atoms. The molecule has 0 atom stereocenters. The van der Waals surface area contributed by atoms with Crippen LogP contribution in [0.1, 0.15) is 40.2 Å². The lowest BCUT2D eigenvalue weighted by atomic mass is 9.95. The lowest BCUT2D eigenvalue weighted by Crippen LogP contribution is -2.20. The van der Waals surface area contributed by atoms with Gasteiger partial charge in [-0.25, -0.2) is 9.78 Å². The molecule has 134 valence electrons. The van der Waals surface area contributed by atoms with Crippen molar-refractivity contribution in [3.8, 4) is 0 Å². The molecule has 0 fully saturated rings. The molecule has 0 saturated heterocycles. The Morgan fingerprint density at radius 2 is 2.15 bits per heavy atom. The number of aromatic nitrogens is 2.